The Morgan fingerprint density at radius 2 is 1.61 bits per heavy atom. The molecule has 1 N–H and O–H groups in total. The van der Waals surface area contributed by atoms with Crippen LogP contribution in [-0.2, 0) is 25.1 Å². The van der Waals surface area contributed by atoms with Gasteiger partial charge in [-0.25, -0.2) is 13.2 Å². The van der Waals surface area contributed by atoms with Crippen LogP contribution in [-0.4, -0.2) is 27.9 Å². The zero-order valence-electron chi connectivity index (χ0n) is 15.0. The summed E-state index contributed by atoms with van der Waals surface area (Å²) in [5.74, 6) is -1.38. The number of carbonyl (C=O) groups is 1. The minimum atomic E-state index is -4.89. The van der Waals surface area contributed by atoms with Crippen molar-refractivity contribution in [1.29, 1.82) is 0 Å². The van der Waals surface area contributed by atoms with E-state index in [1.54, 1.807) is 37.3 Å². The van der Waals surface area contributed by atoms with Gasteiger partial charge in [-0.1, -0.05) is 37.3 Å². The molecule has 0 aliphatic rings. The Bertz CT molecular complexity index is 914. The van der Waals surface area contributed by atoms with Crippen molar-refractivity contribution in [2.75, 3.05) is 7.11 Å². The van der Waals surface area contributed by atoms with Gasteiger partial charge in [0.15, 0.2) is 5.54 Å². The van der Waals surface area contributed by atoms with Crippen LogP contribution in [0.25, 0.3) is 0 Å². The van der Waals surface area contributed by atoms with Crippen molar-refractivity contribution >= 4 is 16.0 Å². The van der Waals surface area contributed by atoms with Crippen molar-refractivity contribution in [1.82, 2.24) is 4.72 Å². The van der Waals surface area contributed by atoms with E-state index in [-0.39, 0.29) is 11.3 Å². The van der Waals surface area contributed by atoms with Gasteiger partial charge >= 0.3 is 12.3 Å². The summed E-state index contributed by atoms with van der Waals surface area (Å²) in [6, 6.07) is 11.8. The molecule has 0 amide bonds. The van der Waals surface area contributed by atoms with Crippen LogP contribution in [0.15, 0.2) is 59.5 Å². The van der Waals surface area contributed by atoms with Crippen molar-refractivity contribution in [3.63, 3.8) is 0 Å². The van der Waals surface area contributed by atoms with Gasteiger partial charge in [0.05, 0.1) is 12.0 Å². The Hall–Kier alpha value is -2.59. The van der Waals surface area contributed by atoms with Gasteiger partial charge in [0.25, 0.3) is 0 Å². The smallest absolute Gasteiger partial charge is 0.467 e. The van der Waals surface area contributed by atoms with Gasteiger partial charge in [-0.15, -0.1) is 13.2 Å². The van der Waals surface area contributed by atoms with E-state index in [9.17, 15) is 26.4 Å². The molecular weight excluding hydrogens is 399 g/mol. The predicted molar refractivity (Wildman–Crippen MR) is 93.9 cm³/mol. The molecule has 10 heteroatoms. The molecule has 2 aromatic carbocycles. The first-order valence-corrected chi connectivity index (χ1v) is 9.56. The zero-order chi connectivity index (χ0) is 21.0. The molecule has 0 saturated heterocycles. The molecule has 6 nitrogen and oxygen atoms in total. The lowest BCUT2D eigenvalue weighted by Gasteiger charge is -2.31. The summed E-state index contributed by atoms with van der Waals surface area (Å²) >= 11 is 0. The van der Waals surface area contributed by atoms with Gasteiger partial charge in [0.1, 0.15) is 5.75 Å². The Balaban J connectivity index is 2.42. The Morgan fingerprint density at radius 1 is 1.04 bits per heavy atom. The number of rotatable bonds is 7. The predicted octanol–water partition coefficient (Wildman–Crippen LogP) is 3.34. The van der Waals surface area contributed by atoms with E-state index in [4.69, 9.17) is 4.74 Å². The Morgan fingerprint density at radius 3 is 2.07 bits per heavy atom. The molecule has 0 fully saturated rings. The summed E-state index contributed by atoms with van der Waals surface area (Å²) in [4.78, 5) is 12.2. The number of ether oxygens (including phenoxy) is 2. The third-order valence-corrected chi connectivity index (χ3v) is 5.52. The van der Waals surface area contributed by atoms with Crippen LogP contribution in [0.4, 0.5) is 13.2 Å². The summed E-state index contributed by atoms with van der Waals surface area (Å²) in [6.07, 6.45) is -4.85. The first-order valence-electron chi connectivity index (χ1n) is 8.08. The second kappa shape index (κ2) is 8.19. The van der Waals surface area contributed by atoms with E-state index in [0.717, 1.165) is 31.4 Å². The number of hydrogen-bond acceptors (Lipinski definition) is 5. The fraction of sp³-hybridized carbons (Fsp3) is 0.278. The van der Waals surface area contributed by atoms with E-state index in [0.29, 0.717) is 5.56 Å². The monoisotopic (exact) mass is 417 g/mol. The molecule has 152 valence electrons. The van der Waals surface area contributed by atoms with Crippen LogP contribution in [0.2, 0.25) is 0 Å². The SMILES string of the molecule is CCC(NS(=O)(=O)c1ccc(OC(F)(F)F)cc1)(C(=O)OC)c1ccccc1. The van der Waals surface area contributed by atoms with Crippen LogP contribution in [0.5, 0.6) is 5.75 Å². The minimum absolute atomic E-state index is 0.0399. The van der Waals surface area contributed by atoms with Gasteiger partial charge < -0.3 is 9.47 Å². The zero-order valence-corrected chi connectivity index (χ0v) is 15.8. The van der Waals surface area contributed by atoms with E-state index >= 15 is 0 Å². The van der Waals surface area contributed by atoms with Crippen molar-refractivity contribution < 1.29 is 35.9 Å². The normalized spacial score (nSPS) is 14.2. The molecule has 0 spiro atoms. The van der Waals surface area contributed by atoms with Crippen molar-refractivity contribution in [3.8, 4) is 5.75 Å². The first kappa shape index (κ1) is 21.7. The lowest BCUT2D eigenvalue weighted by molar-refractivity contribution is -0.274. The highest BCUT2D eigenvalue weighted by atomic mass is 32.2. The van der Waals surface area contributed by atoms with E-state index in [1.807, 2.05) is 0 Å². The van der Waals surface area contributed by atoms with E-state index < -0.39 is 33.6 Å². The molecular formula is C18H18F3NO5S. The Labute approximate surface area is 160 Å². The quantitative estimate of drug-likeness (QED) is 0.699. The fourth-order valence-corrected chi connectivity index (χ4v) is 4.06. The number of sulfonamides is 1. The number of hydrogen-bond donors (Lipinski definition) is 1. The second-order valence-electron chi connectivity index (χ2n) is 5.74. The van der Waals surface area contributed by atoms with Gasteiger partial charge in [-0.3, -0.25) is 0 Å². The average molecular weight is 417 g/mol. The van der Waals surface area contributed by atoms with E-state index in [1.165, 1.54) is 0 Å². The molecule has 0 aromatic heterocycles. The number of methoxy groups -OCH3 is 1. The summed E-state index contributed by atoms with van der Waals surface area (Å²) in [7, 11) is -3.15. The number of nitrogens with one attached hydrogen (secondary N) is 1. The van der Waals surface area contributed by atoms with Crippen LogP contribution in [0.3, 0.4) is 0 Å². The molecule has 1 atom stereocenters. The highest BCUT2D eigenvalue weighted by Gasteiger charge is 2.43. The summed E-state index contributed by atoms with van der Waals surface area (Å²) < 4.78 is 73.3. The van der Waals surface area contributed by atoms with Crippen molar-refractivity contribution in [2.45, 2.75) is 30.1 Å². The van der Waals surface area contributed by atoms with Crippen LogP contribution >= 0.6 is 0 Å². The average Bonchev–Trinajstić information content (AvgIpc) is 2.65. The lowest BCUT2D eigenvalue weighted by atomic mass is 9.88. The molecule has 0 bridgehead atoms. The molecule has 2 rings (SSSR count). The maximum Gasteiger partial charge on any atom is 0.573 e. The highest BCUT2D eigenvalue weighted by Crippen LogP contribution is 2.30. The topological polar surface area (TPSA) is 81.7 Å². The van der Waals surface area contributed by atoms with Gasteiger partial charge in [-0.05, 0) is 36.2 Å². The fourth-order valence-electron chi connectivity index (χ4n) is 2.64. The number of alkyl halides is 3. The number of carbonyl (C=O) groups excluding carboxylic acids is 1. The molecule has 28 heavy (non-hydrogen) atoms. The molecule has 0 heterocycles. The third kappa shape index (κ3) is 4.82. The largest absolute Gasteiger partial charge is 0.573 e. The maximum atomic E-state index is 12.8. The second-order valence-corrected chi connectivity index (χ2v) is 7.42. The van der Waals surface area contributed by atoms with E-state index in [2.05, 4.69) is 9.46 Å². The van der Waals surface area contributed by atoms with Crippen LogP contribution in [0.1, 0.15) is 18.9 Å². The summed E-state index contributed by atoms with van der Waals surface area (Å²) in [6.45, 7) is 1.60. The van der Waals surface area contributed by atoms with Gasteiger partial charge in [0.2, 0.25) is 10.0 Å². The van der Waals surface area contributed by atoms with Crippen LogP contribution in [0, 0.1) is 0 Å². The summed E-state index contributed by atoms with van der Waals surface area (Å²) in [5, 5.41) is 0. The lowest BCUT2D eigenvalue weighted by Crippen LogP contribution is -2.51. The summed E-state index contributed by atoms with van der Waals surface area (Å²) in [5.41, 5.74) is -1.33. The number of esters is 1. The number of halogens is 3. The molecule has 2 aromatic rings. The molecule has 0 radical (unpaired) electrons. The standard InChI is InChI=1S/C18H18F3NO5S/c1-3-17(16(23)26-2,13-7-5-4-6-8-13)22-28(24,25)15-11-9-14(10-12-15)27-18(19,20)21/h4-12,22H,3H2,1-2H3. The third-order valence-electron chi connectivity index (χ3n) is 4.01. The maximum absolute atomic E-state index is 12.8. The Kier molecular flexibility index (Phi) is 6.35. The van der Waals surface area contributed by atoms with Crippen molar-refractivity contribution in [3.05, 3.63) is 60.2 Å². The highest BCUT2D eigenvalue weighted by molar-refractivity contribution is 7.89. The molecule has 0 saturated carbocycles. The molecule has 0 aliphatic heterocycles. The van der Waals surface area contributed by atoms with Crippen molar-refractivity contribution in [2.24, 2.45) is 0 Å². The van der Waals surface area contributed by atoms with Gasteiger partial charge in [0, 0.05) is 0 Å². The first-order chi connectivity index (χ1) is 13.0. The van der Waals surface area contributed by atoms with Crippen LogP contribution < -0.4 is 9.46 Å². The number of benzene rings is 2. The van der Waals surface area contributed by atoms with Gasteiger partial charge in [-0.2, -0.15) is 4.72 Å². The minimum Gasteiger partial charge on any atom is -0.467 e. The molecule has 0 aliphatic carbocycles. The molecule has 1 unspecified atom stereocenters.